The summed E-state index contributed by atoms with van der Waals surface area (Å²) in [6.45, 7) is 7.00. The van der Waals surface area contributed by atoms with Gasteiger partial charge in [0.1, 0.15) is 32.2 Å². The van der Waals surface area contributed by atoms with Gasteiger partial charge in [0.05, 0.1) is 10.7 Å². The molecule has 5 heteroatoms. The fourth-order valence-corrected chi connectivity index (χ4v) is 3.68. The Labute approximate surface area is 154 Å². The van der Waals surface area contributed by atoms with Crippen molar-refractivity contribution in [3.05, 3.63) is 65.2 Å². The molecule has 2 aromatic carbocycles. The van der Waals surface area contributed by atoms with Crippen molar-refractivity contribution in [2.24, 2.45) is 0 Å². The standard InChI is InChI=1S/C20H24ClN3O/c1-16(17-7-3-2-4-8-17)24-13-11-23(12-14-24)15-20(25)22-19-10-6-5-9-18(19)21/h2-10,16H,11-15H2,1H3,(H,22,25)/p+2/t16-/m1/s1. The van der Waals surface area contributed by atoms with Crippen molar-refractivity contribution < 1.29 is 14.6 Å². The van der Waals surface area contributed by atoms with Crippen LogP contribution in [0, 0.1) is 0 Å². The summed E-state index contributed by atoms with van der Waals surface area (Å²) in [5, 5.41) is 3.50. The summed E-state index contributed by atoms with van der Waals surface area (Å²) >= 11 is 6.10. The van der Waals surface area contributed by atoms with Crippen molar-refractivity contribution in [3.8, 4) is 0 Å². The lowest BCUT2D eigenvalue weighted by molar-refractivity contribution is -1.02. The summed E-state index contributed by atoms with van der Waals surface area (Å²) in [7, 11) is 0. The number of carbonyl (C=O) groups is 1. The van der Waals surface area contributed by atoms with Gasteiger partial charge < -0.3 is 15.1 Å². The van der Waals surface area contributed by atoms with E-state index in [4.69, 9.17) is 11.6 Å². The molecular formula is C20H26ClN3O+2. The van der Waals surface area contributed by atoms with E-state index in [1.165, 1.54) is 10.5 Å². The minimum Gasteiger partial charge on any atom is -0.320 e. The largest absolute Gasteiger partial charge is 0.320 e. The van der Waals surface area contributed by atoms with E-state index >= 15 is 0 Å². The molecule has 1 aliphatic heterocycles. The molecule has 132 valence electrons. The van der Waals surface area contributed by atoms with Crippen LogP contribution in [0.1, 0.15) is 18.5 Å². The van der Waals surface area contributed by atoms with Crippen LogP contribution in [-0.2, 0) is 4.79 Å². The van der Waals surface area contributed by atoms with E-state index < -0.39 is 0 Å². The Bertz CT molecular complexity index is 699. The number of halogens is 1. The molecule has 0 saturated carbocycles. The van der Waals surface area contributed by atoms with Gasteiger partial charge >= 0.3 is 0 Å². The number of quaternary nitrogens is 2. The van der Waals surface area contributed by atoms with Gasteiger partial charge in [-0.05, 0) is 19.1 Å². The van der Waals surface area contributed by atoms with Gasteiger partial charge in [-0.1, -0.05) is 54.1 Å². The van der Waals surface area contributed by atoms with Crippen LogP contribution in [0.3, 0.4) is 0 Å². The van der Waals surface area contributed by atoms with Crippen molar-refractivity contribution in [1.82, 2.24) is 0 Å². The van der Waals surface area contributed by atoms with Gasteiger partial charge in [-0.15, -0.1) is 0 Å². The number of amides is 1. The van der Waals surface area contributed by atoms with Gasteiger partial charge in [0.2, 0.25) is 0 Å². The average molecular weight is 360 g/mol. The van der Waals surface area contributed by atoms with E-state index in [-0.39, 0.29) is 5.91 Å². The van der Waals surface area contributed by atoms with Crippen LogP contribution in [0.5, 0.6) is 0 Å². The monoisotopic (exact) mass is 359 g/mol. The Morgan fingerprint density at radius 3 is 2.36 bits per heavy atom. The number of para-hydroxylation sites is 1. The second kappa shape index (κ2) is 8.48. The van der Waals surface area contributed by atoms with Crippen LogP contribution in [0.4, 0.5) is 5.69 Å². The highest BCUT2D eigenvalue weighted by Gasteiger charge is 2.28. The molecule has 2 aromatic rings. The molecule has 1 heterocycles. The van der Waals surface area contributed by atoms with E-state index in [0.29, 0.717) is 23.3 Å². The second-order valence-corrected chi connectivity index (χ2v) is 7.15. The summed E-state index contributed by atoms with van der Waals surface area (Å²) in [6.07, 6.45) is 0. The summed E-state index contributed by atoms with van der Waals surface area (Å²) in [4.78, 5) is 15.2. The first-order valence-corrected chi connectivity index (χ1v) is 9.29. The number of anilines is 1. The lowest BCUT2D eigenvalue weighted by atomic mass is 10.1. The fraction of sp³-hybridized carbons (Fsp3) is 0.350. The third kappa shape index (κ3) is 4.82. The highest BCUT2D eigenvalue weighted by atomic mass is 35.5. The molecule has 0 unspecified atom stereocenters. The van der Waals surface area contributed by atoms with Gasteiger partial charge in [0, 0.05) is 5.56 Å². The first kappa shape index (κ1) is 17.9. The average Bonchev–Trinajstić information content (AvgIpc) is 2.64. The van der Waals surface area contributed by atoms with Gasteiger partial charge in [-0.2, -0.15) is 0 Å². The van der Waals surface area contributed by atoms with Crippen molar-refractivity contribution >= 4 is 23.2 Å². The summed E-state index contributed by atoms with van der Waals surface area (Å²) < 4.78 is 0. The Morgan fingerprint density at radius 1 is 1.04 bits per heavy atom. The third-order valence-electron chi connectivity index (χ3n) is 5.07. The molecule has 3 N–H and O–H groups in total. The Morgan fingerprint density at radius 2 is 1.68 bits per heavy atom. The lowest BCUT2D eigenvalue weighted by Crippen LogP contribution is -3.28. The van der Waals surface area contributed by atoms with E-state index in [2.05, 4.69) is 42.6 Å². The third-order valence-corrected chi connectivity index (χ3v) is 5.40. The zero-order valence-corrected chi connectivity index (χ0v) is 15.4. The Balaban J connectivity index is 1.48. The molecule has 4 nitrogen and oxygen atoms in total. The normalized spacial score (nSPS) is 21.5. The maximum absolute atomic E-state index is 12.3. The number of piperazine rings is 1. The minimum atomic E-state index is 0.0302. The van der Waals surface area contributed by atoms with Gasteiger partial charge in [0.25, 0.3) is 5.91 Å². The molecule has 0 radical (unpaired) electrons. The Kier molecular flexibility index (Phi) is 6.08. The number of carbonyl (C=O) groups excluding carboxylic acids is 1. The molecule has 1 atom stereocenters. The number of rotatable bonds is 5. The second-order valence-electron chi connectivity index (χ2n) is 6.75. The molecule has 1 aliphatic rings. The van der Waals surface area contributed by atoms with E-state index in [1.807, 2.05) is 18.2 Å². The maximum atomic E-state index is 12.3. The van der Waals surface area contributed by atoms with Crippen molar-refractivity contribution in [1.29, 1.82) is 0 Å². The fourth-order valence-electron chi connectivity index (χ4n) is 3.50. The van der Waals surface area contributed by atoms with Crippen molar-refractivity contribution in [3.63, 3.8) is 0 Å². The molecule has 1 amide bonds. The van der Waals surface area contributed by atoms with Crippen LogP contribution in [-0.4, -0.2) is 38.6 Å². The molecule has 1 saturated heterocycles. The first-order chi connectivity index (χ1) is 12.1. The van der Waals surface area contributed by atoms with Crippen LogP contribution < -0.4 is 15.1 Å². The number of hydrogen-bond acceptors (Lipinski definition) is 1. The summed E-state index contributed by atoms with van der Waals surface area (Å²) in [6, 6.07) is 18.5. The van der Waals surface area contributed by atoms with Crippen molar-refractivity contribution in [2.45, 2.75) is 13.0 Å². The van der Waals surface area contributed by atoms with Gasteiger partial charge in [-0.25, -0.2) is 0 Å². The van der Waals surface area contributed by atoms with Crippen LogP contribution in [0.15, 0.2) is 54.6 Å². The van der Waals surface area contributed by atoms with Crippen LogP contribution >= 0.6 is 11.6 Å². The lowest BCUT2D eigenvalue weighted by Gasteiger charge is -2.33. The van der Waals surface area contributed by atoms with Crippen molar-refractivity contribution in [2.75, 3.05) is 38.0 Å². The highest BCUT2D eigenvalue weighted by Crippen LogP contribution is 2.19. The highest BCUT2D eigenvalue weighted by molar-refractivity contribution is 6.33. The molecule has 1 fully saturated rings. The zero-order valence-electron chi connectivity index (χ0n) is 14.6. The quantitative estimate of drug-likeness (QED) is 0.726. The number of nitrogens with one attached hydrogen (secondary N) is 3. The molecular weight excluding hydrogens is 334 g/mol. The van der Waals surface area contributed by atoms with E-state index in [9.17, 15) is 4.79 Å². The topological polar surface area (TPSA) is 38.0 Å². The Hall–Kier alpha value is -1.88. The predicted molar refractivity (Wildman–Crippen MR) is 101 cm³/mol. The first-order valence-electron chi connectivity index (χ1n) is 8.91. The minimum absolute atomic E-state index is 0.0302. The number of benzene rings is 2. The smallest absolute Gasteiger partial charge is 0.279 e. The SMILES string of the molecule is C[C@H](c1ccccc1)[NH+]1CC[NH+](CC(=O)Nc2ccccc2Cl)CC1. The molecule has 0 bridgehead atoms. The molecule has 25 heavy (non-hydrogen) atoms. The molecule has 0 aliphatic carbocycles. The van der Waals surface area contributed by atoms with Crippen LogP contribution in [0.25, 0.3) is 0 Å². The number of hydrogen-bond donors (Lipinski definition) is 3. The van der Waals surface area contributed by atoms with Gasteiger partial charge in [0.15, 0.2) is 6.54 Å². The summed E-state index contributed by atoms with van der Waals surface area (Å²) in [5.41, 5.74) is 2.08. The van der Waals surface area contributed by atoms with Crippen LogP contribution in [0.2, 0.25) is 5.02 Å². The summed E-state index contributed by atoms with van der Waals surface area (Å²) in [5.74, 6) is 0.0302. The molecule has 0 spiro atoms. The van der Waals surface area contributed by atoms with Gasteiger partial charge in [-0.3, -0.25) is 4.79 Å². The molecule has 3 rings (SSSR count). The van der Waals surface area contributed by atoms with E-state index in [1.54, 1.807) is 11.0 Å². The molecule has 0 aromatic heterocycles. The maximum Gasteiger partial charge on any atom is 0.279 e. The zero-order chi connectivity index (χ0) is 17.6. The van der Waals surface area contributed by atoms with E-state index in [0.717, 1.165) is 26.2 Å². The predicted octanol–water partition coefficient (Wildman–Crippen LogP) is 0.823.